The topological polar surface area (TPSA) is 121 Å². The first kappa shape index (κ1) is 31.2. The fourth-order valence-electron chi connectivity index (χ4n) is 5.48. The van der Waals surface area contributed by atoms with Gasteiger partial charge in [-0.3, -0.25) is 0 Å². The number of ether oxygens (including phenoxy) is 4. The van der Waals surface area contributed by atoms with Crippen LogP contribution in [0.4, 0.5) is 4.79 Å². The maximum atomic E-state index is 12.4. The largest absolute Gasteiger partial charge is 0.506 e. The van der Waals surface area contributed by atoms with Crippen LogP contribution in [0.1, 0.15) is 60.0 Å². The number of fused-ring (bicyclic) bond motifs is 4. The number of phenols is 1. The molecule has 4 heterocycles. The lowest BCUT2D eigenvalue weighted by molar-refractivity contribution is -0.0269. The number of phenolic OH excluding ortho intramolecular Hbond substituents is 1. The van der Waals surface area contributed by atoms with Crippen molar-refractivity contribution < 1.29 is 38.4 Å². The second-order valence-electron chi connectivity index (χ2n) is 11.8. The van der Waals surface area contributed by atoms with Crippen molar-refractivity contribution in [3.05, 3.63) is 96.1 Å². The molecule has 0 radical (unpaired) electrons. The monoisotopic (exact) mass is 615 g/mol. The minimum absolute atomic E-state index is 0.0408. The number of aromatic nitrogens is 2. The number of hydrogen-bond acceptors (Lipinski definition) is 8. The van der Waals surface area contributed by atoms with Crippen LogP contribution in [0.25, 0.3) is 11.4 Å². The molecule has 0 atom stereocenters. The molecule has 1 N–H and O–H groups in total. The highest BCUT2D eigenvalue weighted by atomic mass is 16.6. The fourth-order valence-corrected chi connectivity index (χ4v) is 5.48. The summed E-state index contributed by atoms with van der Waals surface area (Å²) in [6.45, 7) is 6.66. The third kappa shape index (κ3) is 6.52. The summed E-state index contributed by atoms with van der Waals surface area (Å²) in [5.74, 6) is -0.181. The predicted molar refractivity (Wildman–Crippen MR) is 165 cm³/mol. The number of amides is 1. The van der Waals surface area contributed by atoms with Gasteiger partial charge in [-0.15, -0.1) is 0 Å². The number of piperidine rings is 1. The van der Waals surface area contributed by atoms with E-state index >= 15 is 0 Å². The van der Waals surface area contributed by atoms with Gasteiger partial charge in [0, 0.05) is 44.5 Å². The molecule has 0 aliphatic carbocycles. The lowest BCUT2D eigenvalue weighted by atomic mass is 9.86. The Hall–Kier alpha value is -5.19. The van der Waals surface area contributed by atoms with E-state index in [2.05, 4.69) is 15.4 Å². The zero-order valence-electron chi connectivity index (χ0n) is 26.0. The van der Waals surface area contributed by atoms with Gasteiger partial charge in [0.1, 0.15) is 17.1 Å². The van der Waals surface area contributed by atoms with E-state index in [1.165, 1.54) is 20.3 Å². The van der Waals surface area contributed by atoms with Gasteiger partial charge in [0.15, 0.2) is 5.60 Å². The number of carbonyl (C=O) groups is 3. The molecule has 2 aromatic carbocycles. The van der Waals surface area contributed by atoms with Gasteiger partial charge in [-0.05, 0) is 81.4 Å². The first-order chi connectivity index (χ1) is 21.4. The number of hydrogen-bond donors (Lipinski definition) is 1. The van der Waals surface area contributed by atoms with Crippen molar-refractivity contribution in [2.75, 3.05) is 27.3 Å². The molecule has 2 aromatic heterocycles. The number of rotatable bonds is 3. The molecule has 45 heavy (non-hydrogen) atoms. The SMILES string of the molecule is COC(=O)c1ccc(-n2cccc2)c(O)c1.COC(=O)c1ccc2c(c1)OC1(CCN(C(=O)OC(C)(C)C)CC1)c1cccn1-2. The Labute approximate surface area is 261 Å². The molecule has 2 aliphatic heterocycles. The molecule has 0 bridgehead atoms. The highest BCUT2D eigenvalue weighted by Crippen LogP contribution is 2.45. The number of nitrogens with zero attached hydrogens (tertiary/aromatic N) is 3. The van der Waals surface area contributed by atoms with Gasteiger partial charge in [-0.2, -0.15) is 0 Å². The highest BCUT2D eigenvalue weighted by Gasteiger charge is 2.45. The molecule has 1 fully saturated rings. The smallest absolute Gasteiger partial charge is 0.410 e. The van der Waals surface area contributed by atoms with Gasteiger partial charge in [-0.25, -0.2) is 14.4 Å². The number of methoxy groups -OCH3 is 2. The van der Waals surface area contributed by atoms with Crippen molar-refractivity contribution in [1.29, 1.82) is 0 Å². The summed E-state index contributed by atoms with van der Waals surface area (Å²) in [6.07, 6.45) is 6.60. The molecule has 236 valence electrons. The lowest BCUT2D eigenvalue weighted by Gasteiger charge is -2.45. The first-order valence-electron chi connectivity index (χ1n) is 14.6. The van der Waals surface area contributed by atoms with Crippen LogP contribution in [0.5, 0.6) is 11.5 Å². The van der Waals surface area contributed by atoms with E-state index in [-0.39, 0.29) is 11.8 Å². The van der Waals surface area contributed by atoms with E-state index in [4.69, 9.17) is 14.2 Å². The molecule has 1 saturated heterocycles. The zero-order valence-corrected chi connectivity index (χ0v) is 26.0. The van der Waals surface area contributed by atoms with Crippen LogP contribution in [0.2, 0.25) is 0 Å². The molecule has 1 amide bonds. The van der Waals surface area contributed by atoms with E-state index < -0.39 is 23.1 Å². The summed E-state index contributed by atoms with van der Waals surface area (Å²) in [7, 11) is 2.67. The number of likely N-dealkylation sites (tertiary alicyclic amines) is 1. The van der Waals surface area contributed by atoms with Gasteiger partial charge in [-0.1, -0.05) is 0 Å². The predicted octanol–water partition coefficient (Wildman–Crippen LogP) is 5.85. The van der Waals surface area contributed by atoms with E-state index in [9.17, 15) is 19.5 Å². The van der Waals surface area contributed by atoms with Crippen LogP contribution < -0.4 is 4.74 Å². The molecular formula is C34H37N3O8. The van der Waals surface area contributed by atoms with Crippen LogP contribution >= 0.6 is 0 Å². The van der Waals surface area contributed by atoms with Crippen LogP contribution in [-0.2, 0) is 19.8 Å². The maximum absolute atomic E-state index is 12.4. The van der Waals surface area contributed by atoms with Crippen LogP contribution in [0, 0.1) is 0 Å². The van der Waals surface area contributed by atoms with Crippen molar-refractivity contribution in [2.24, 2.45) is 0 Å². The quantitative estimate of drug-likeness (QED) is 0.225. The minimum Gasteiger partial charge on any atom is -0.506 e. The van der Waals surface area contributed by atoms with Crippen molar-refractivity contribution in [3.8, 4) is 22.9 Å². The third-order valence-corrected chi connectivity index (χ3v) is 7.66. The Morgan fingerprint density at radius 3 is 2.00 bits per heavy atom. The van der Waals surface area contributed by atoms with Crippen LogP contribution in [0.3, 0.4) is 0 Å². The highest BCUT2D eigenvalue weighted by molar-refractivity contribution is 5.91. The van der Waals surface area contributed by atoms with E-state index in [1.54, 1.807) is 33.7 Å². The molecule has 11 nitrogen and oxygen atoms in total. The van der Waals surface area contributed by atoms with Gasteiger partial charge >= 0.3 is 18.0 Å². The lowest BCUT2D eigenvalue weighted by Crippen LogP contribution is -2.50. The fraction of sp³-hybridized carbons (Fsp3) is 0.324. The van der Waals surface area contributed by atoms with Gasteiger partial charge in [0.05, 0.1) is 42.4 Å². The summed E-state index contributed by atoms with van der Waals surface area (Å²) in [5.41, 5.74) is 2.27. The second kappa shape index (κ2) is 12.4. The summed E-state index contributed by atoms with van der Waals surface area (Å²) in [6, 6.07) is 17.8. The van der Waals surface area contributed by atoms with Crippen molar-refractivity contribution >= 4 is 18.0 Å². The maximum Gasteiger partial charge on any atom is 0.410 e. The normalized spacial score (nSPS) is 14.6. The number of esters is 2. The average molecular weight is 616 g/mol. The van der Waals surface area contributed by atoms with Gasteiger partial charge in [0.25, 0.3) is 0 Å². The Morgan fingerprint density at radius 1 is 0.822 bits per heavy atom. The number of benzene rings is 2. The van der Waals surface area contributed by atoms with E-state index in [0.717, 1.165) is 11.4 Å². The standard InChI is InChI=1S/C22H26N2O5.C12H11NO3/c1-21(2,3)29-20(26)23-12-9-22(10-13-23)18-6-5-11-24(18)16-8-7-15(19(25)27-4)14-17(16)28-22;1-16-12(15)9-4-5-10(11(14)8-9)13-6-2-3-7-13/h5-8,11,14H,9-10,12-13H2,1-4H3;2-8,14H,1H3. The molecule has 1 spiro atoms. The Balaban J connectivity index is 0.000000211. The summed E-state index contributed by atoms with van der Waals surface area (Å²) >= 11 is 0. The Bertz CT molecular complexity index is 1690. The number of carbonyl (C=O) groups excluding carboxylic acids is 3. The molecule has 6 rings (SSSR count). The Morgan fingerprint density at radius 2 is 1.42 bits per heavy atom. The first-order valence-corrected chi connectivity index (χ1v) is 14.6. The van der Waals surface area contributed by atoms with Crippen LogP contribution in [0.15, 0.2) is 79.3 Å². The van der Waals surface area contributed by atoms with E-state index in [1.807, 2.05) is 63.6 Å². The molecule has 0 unspecified atom stereocenters. The molecule has 11 heteroatoms. The zero-order chi connectivity index (χ0) is 32.4. The Kier molecular flexibility index (Phi) is 8.63. The molecular weight excluding hydrogens is 578 g/mol. The second-order valence-corrected chi connectivity index (χ2v) is 11.8. The van der Waals surface area contributed by atoms with Crippen molar-refractivity contribution in [3.63, 3.8) is 0 Å². The molecule has 0 saturated carbocycles. The minimum atomic E-state index is -0.552. The third-order valence-electron chi connectivity index (χ3n) is 7.66. The summed E-state index contributed by atoms with van der Waals surface area (Å²) < 4.78 is 25.3. The summed E-state index contributed by atoms with van der Waals surface area (Å²) in [5, 5.41) is 9.78. The summed E-state index contributed by atoms with van der Waals surface area (Å²) in [4.78, 5) is 37.3. The van der Waals surface area contributed by atoms with Crippen molar-refractivity contribution in [2.45, 2.75) is 44.8 Å². The number of aromatic hydroxyl groups is 1. The molecule has 4 aromatic rings. The molecule has 2 aliphatic rings. The average Bonchev–Trinajstić information content (AvgIpc) is 3.74. The van der Waals surface area contributed by atoms with E-state index in [0.29, 0.717) is 48.5 Å². The van der Waals surface area contributed by atoms with Gasteiger partial charge < -0.3 is 38.1 Å². The van der Waals surface area contributed by atoms with Crippen LogP contribution in [-0.4, -0.2) is 70.1 Å². The van der Waals surface area contributed by atoms with Gasteiger partial charge in [0.2, 0.25) is 0 Å². The van der Waals surface area contributed by atoms with Crippen molar-refractivity contribution in [1.82, 2.24) is 14.0 Å².